The van der Waals surface area contributed by atoms with Crippen LogP contribution in [0.1, 0.15) is 49.7 Å². The number of isocyanates is 1. The van der Waals surface area contributed by atoms with Gasteiger partial charge in [0.25, 0.3) is 0 Å². The molecule has 0 spiro atoms. The number of hydrogen-bond acceptors (Lipinski definition) is 3. The Hall–Kier alpha value is -1.44. The molecule has 3 rings (SSSR count). The summed E-state index contributed by atoms with van der Waals surface area (Å²) in [6.45, 7) is 0. The Morgan fingerprint density at radius 3 is 2.58 bits per heavy atom. The molecule has 0 saturated heterocycles. The summed E-state index contributed by atoms with van der Waals surface area (Å²) in [5.41, 5.74) is 1.42. The van der Waals surface area contributed by atoms with Crippen molar-refractivity contribution in [3.05, 3.63) is 35.4 Å². The first kappa shape index (κ1) is 12.6. The van der Waals surface area contributed by atoms with Crippen molar-refractivity contribution in [1.82, 2.24) is 0 Å². The second-order valence-electron chi connectivity index (χ2n) is 6.04. The SMILES string of the molecule is O=C=NC1(c2cccc(CC3(O)CC3)c2)CCCC1. The second kappa shape index (κ2) is 4.59. The Morgan fingerprint density at radius 1 is 1.21 bits per heavy atom. The highest BCUT2D eigenvalue weighted by Crippen LogP contribution is 2.43. The maximum atomic E-state index is 10.7. The molecule has 1 N–H and O–H groups in total. The summed E-state index contributed by atoms with van der Waals surface area (Å²) in [5.74, 6) is 0. The van der Waals surface area contributed by atoms with Crippen LogP contribution < -0.4 is 0 Å². The number of hydrogen-bond donors (Lipinski definition) is 1. The van der Waals surface area contributed by atoms with E-state index in [-0.39, 0.29) is 5.54 Å². The predicted octanol–water partition coefficient (Wildman–Crippen LogP) is 2.86. The summed E-state index contributed by atoms with van der Waals surface area (Å²) in [6.07, 6.45) is 8.33. The highest BCUT2D eigenvalue weighted by Gasteiger charge is 2.41. The highest BCUT2D eigenvalue weighted by atomic mass is 16.3. The van der Waals surface area contributed by atoms with Gasteiger partial charge in [0.05, 0.1) is 11.1 Å². The van der Waals surface area contributed by atoms with Crippen LogP contribution in [0, 0.1) is 0 Å². The van der Waals surface area contributed by atoms with Crippen molar-refractivity contribution < 1.29 is 9.90 Å². The lowest BCUT2D eigenvalue weighted by atomic mass is 9.87. The zero-order valence-electron chi connectivity index (χ0n) is 11.1. The molecule has 2 aliphatic carbocycles. The Labute approximate surface area is 113 Å². The Morgan fingerprint density at radius 2 is 1.95 bits per heavy atom. The average molecular weight is 257 g/mol. The molecule has 3 heteroatoms. The summed E-state index contributed by atoms with van der Waals surface area (Å²) in [5, 5.41) is 10.0. The van der Waals surface area contributed by atoms with Crippen molar-refractivity contribution in [1.29, 1.82) is 0 Å². The molecule has 0 aliphatic heterocycles. The fraction of sp³-hybridized carbons (Fsp3) is 0.562. The molecule has 0 unspecified atom stereocenters. The molecular weight excluding hydrogens is 238 g/mol. The van der Waals surface area contributed by atoms with E-state index in [2.05, 4.69) is 11.1 Å². The lowest BCUT2D eigenvalue weighted by Crippen LogP contribution is -2.19. The third-order valence-corrected chi connectivity index (χ3v) is 4.52. The van der Waals surface area contributed by atoms with E-state index in [1.165, 1.54) is 0 Å². The summed E-state index contributed by atoms with van der Waals surface area (Å²) in [6, 6.07) is 8.22. The molecule has 19 heavy (non-hydrogen) atoms. The van der Waals surface area contributed by atoms with E-state index in [4.69, 9.17) is 0 Å². The molecule has 0 heterocycles. The number of nitrogens with zero attached hydrogens (tertiary/aromatic N) is 1. The molecular formula is C16H19NO2. The van der Waals surface area contributed by atoms with E-state index in [0.717, 1.165) is 49.7 Å². The maximum Gasteiger partial charge on any atom is 0.235 e. The van der Waals surface area contributed by atoms with E-state index < -0.39 is 5.60 Å². The molecule has 0 aromatic heterocycles. The summed E-state index contributed by atoms with van der Waals surface area (Å²) in [7, 11) is 0. The van der Waals surface area contributed by atoms with Gasteiger partial charge in [-0.1, -0.05) is 37.1 Å². The molecule has 2 saturated carbocycles. The van der Waals surface area contributed by atoms with Gasteiger partial charge >= 0.3 is 0 Å². The predicted molar refractivity (Wildman–Crippen MR) is 72.6 cm³/mol. The second-order valence-corrected chi connectivity index (χ2v) is 6.04. The number of aliphatic imine (C=N–C) groups is 1. The van der Waals surface area contributed by atoms with Crippen molar-refractivity contribution in [2.75, 3.05) is 0 Å². The van der Waals surface area contributed by atoms with Gasteiger partial charge in [-0.05, 0) is 36.8 Å². The van der Waals surface area contributed by atoms with Gasteiger partial charge in [-0.15, -0.1) is 0 Å². The zero-order valence-corrected chi connectivity index (χ0v) is 11.1. The Bertz CT molecular complexity index is 521. The van der Waals surface area contributed by atoms with Crippen LogP contribution in [0.3, 0.4) is 0 Å². The quantitative estimate of drug-likeness (QED) is 0.666. The minimum atomic E-state index is -0.477. The van der Waals surface area contributed by atoms with Crippen LogP contribution in [-0.4, -0.2) is 16.8 Å². The lowest BCUT2D eigenvalue weighted by molar-refractivity contribution is 0.151. The van der Waals surface area contributed by atoms with Gasteiger partial charge < -0.3 is 5.11 Å². The summed E-state index contributed by atoms with van der Waals surface area (Å²) in [4.78, 5) is 14.8. The van der Waals surface area contributed by atoms with Gasteiger partial charge in [0.2, 0.25) is 6.08 Å². The molecule has 2 aliphatic rings. The Kier molecular flexibility index (Phi) is 3.04. The summed E-state index contributed by atoms with van der Waals surface area (Å²) < 4.78 is 0. The van der Waals surface area contributed by atoms with E-state index in [1.807, 2.05) is 18.2 Å². The van der Waals surface area contributed by atoms with Gasteiger partial charge in [0.1, 0.15) is 0 Å². The van der Waals surface area contributed by atoms with Gasteiger partial charge in [-0.25, -0.2) is 4.79 Å². The van der Waals surface area contributed by atoms with Crippen LogP contribution in [0.2, 0.25) is 0 Å². The minimum Gasteiger partial charge on any atom is -0.390 e. The smallest absolute Gasteiger partial charge is 0.235 e. The third kappa shape index (κ3) is 2.49. The standard InChI is InChI=1S/C16H19NO2/c18-12-17-16(6-1-2-7-16)14-5-3-4-13(10-14)11-15(19)8-9-15/h3-5,10,19H,1-2,6-9,11H2. The molecule has 2 fully saturated rings. The summed E-state index contributed by atoms with van der Waals surface area (Å²) >= 11 is 0. The van der Waals surface area contributed by atoms with Gasteiger partial charge in [-0.3, -0.25) is 0 Å². The fourth-order valence-electron chi connectivity index (χ4n) is 3.18. The maximum absolute atomic E-state index is 10.7. The molecule has 100 valence electrons. The van der Waals surface area contributed by atoms with Crippen molar-refractivity contribution in [3.8, 4) is 0 Å². The number of benzene rings is 1. The van der Waals surface area contributed by atoms with Gasteiger partial charge in [-0.2, -0.15) is 4.99 Å². The third-order valence-electron chi connectivity index (χ3n) is 4.52. The van der Waals surface area contributed by atoms with Gasteiger partial charge in [0, 0.05) is 6.42 Å². The normalized spacial score (nSPS) is 22.8. The van der Waals surface area contributed by atoms with Crippen LogP contribution in [-0.2, 0) is 16.8 Å². The molecule has 0 bridgehead atoms. The highest BCUT2D eigenvalue weighted by molar-refractivity contribution is 5.40. The monoisotopic (exact) mass is 257 g/mol. The minimum absolute atomic E-state index is 0.357. The van der Waals surface area contributed by atoms with Gasteiger partial charge in [0.15, 0.2) is 0 Å². The zero-order chi connectivity index (χ0) is 13.3. The molecule has 1 aromatic carbocycles. The van der Waals surface area contributed by atoms with Crippen molar-refractivity contribution >= 4 is 6.08 Å². The van der Waals surface area contributed by atoms with Crippen LogP contribution in [0.5, 0.6) is 0 Å². The molecule has 0 atom stereocenters. The van der Waals surface area contributed by atoms with Crippen LogP contribution in [0.15, 0.2) is 29.3 Å². The first-order chi connectivity index (χ1) is 9.16. The van der Waals surface area contributed by atoms with Crippen LogP contribution in [0.25, 0.3) is 0 Å². The van der Waals surface area contributed by atoms with Crippen molar-refractivity contribution in [2.24, 2.45) is 4.99 Å². The number of rotatable bonds is 4. The van der Waals surface area contributed by atoms with E-state index in [9.17, 15) is 9.90 Å². The largest absolute Gasteiger partial charge is 0.390 e. The topological polar surface area (TPSA) is 49.7 Å². The van der Waals surface area contributed by atoms with E-state index in [1.54, 1.807) is 6.08 Å². The van der Waals surface area contributed by atoms with E-state index >= 15 is 0 Å². The molecule has 0 radical (unpaired) electrons. The lowest BCUT2D eigenvalue weighted by Gasteiger charge is -2.23. The molecule has 1 aromatic rings. The van der Waals surface area contributed by atoms with E-state index in [0.29, 0.717) is 6.42 Å². The first-order valence-electron chi connectivity index (χ1n) is 7.07. The van der Waals surface area contributed by atoms with Crippen LogP contribution >= 0.6 is 0 Å². The van der Waals surface area contributed by atoms with Crippen LogP contribution in [0.4, 0.5) is 0 Å². The van der Waals surface area contributed by atoms with Crippen molar-refractivity contribution in [3.63, 3.8) is 0 Å². The average Bonchev–Trinajstić information content (AvgIpc) is 2.93. The molecule has 0 amide bonds. The number of carbonyl (C=O) groups excluding carboxylic acids is 1. The molecule has 3 nitrogen and oxygen atoms in total. The Balaban J connectivity index is 1.91. The number of aliphatic hydroxyl groups is 1. The fourth-order valence-corrected chi connectivity index (χ4v) is 3.18. The van der Waals surface area contributed by atoms with Crippen molar-refractivity contribution in [2.45, 2.75) is 56.1 Å². The first-order valence-corrected chi connectivity index (χ1v) is 7.07.